The van der Waals surface area contributed by atoms with Gasteiger partial charge < -0.3 is 19.5 Å². The molecule has 0 spiro atoms. The average Bonchev–Trinajstić information content (AvgIpc) is 2.15. The predicted molar refractivity (Wildman–Crippen MR) is 60.9 cm³/mol. The van der Waals surface area contributed by atoms with Gasteiger partial charge in [-0.15, -0.1) is 0 Å². The third-order valence-electron chi connectivity index (χ3n) is 1.50. The molecule has 0 aliphatic rings. The summed E-state index contributed by atoms with van der Waals surface area (Å²) in [5, 5.41) is 11.1. The van der Waals surface area contributed by atoms with Crippen molar-refractivity contribution >= 4 is 48.3 Å². The Balaban J connectivity index is 4.35. The van der Waals surface area contributed by atoms with Gasteiger partial charge in [0.05, 0.1) is 0 Å². The van der Waals surface area contributed by atoms with Crippen LogP contribution in [0.3, 0.4) is 0 Å². The van der Waals surface area contributed by atoms with Crippen LogP contribution in [0.1, 0.15) is 0 Å². The van der Waals surface area contributed by atoms with Gasteiger partial charge in [0.15, 0.2) is 6.23 Å². The molecule has 96 valence electrons. The first-order valence-corrected chi connectivity index (χ1v) is 6.75. The second-order valence-electron chi connectivity index (χ2n) is 2.65. The lowest BCUT2D eigenvalue weighted by Gasteiger charge is -2.21. The van der Waals surface area contributed by atoms with Crippen LogP contribution in [0.5, 0.6) is 0 Å². The van der Waals surface area contributed by atoms with Crippen molar-refractivity contribution in [1.82, 2.24) is 5.32 Å². The Labute approximate surface area is 108 Å². The zero-order chi connectivity index (χ0) is 13.0. The van der Waals surface area contributed by atoms with E-state index in [1.54, 1.807) is 0 Å². The molecule has 2 N–H and O–H groups in total. The van der Waals surface area contributed by atoms with Gasteiger partial charge in [-0.3, -0.25) is 9.36 Å². The number of aliphatic hydroxyl groups is 1. The average molecular weight is 314 g/mol. The van der Waals surface area contributed by atoms with E-state index < -0.39 is 29.7 Å². The summed E-state index contributed by atoms with van der Waals surface area (Å²) in [4.78, 5) is 11.3. The first-order chi connectivity index (χ1) is 7.14. The molecule has 0 aliphatic carbocycles. The Morgan fingerprint density at radius 1 is 1.44 bits per heavy atom. The number of halogens is 3. The highest BCUT2D eigenvalue weighted by Gasteiger charge is 2.34. The third-order valence-corrected chi connectivity index (χ3v) is 3.91. The molecule has 0 saturated heterocycles. The molecule has 1 amide bonds. The maximum absolute atomic E-state index is 11.5. The Hall–Kier alpha value is 0.450. The third kappa shape index (κ3) is 5.68. The minimum atomic E-state index is -3.50. The molecule has 16 heavy (non-hydrogen) atoms. The Morgan fingerprint density at radius 3 is 2.19 bits per heavy atom. The molecule has 1 atom stereocenters. The van der Waals surface area contributed by atoms with Crippen LogP contribution in [0.25, 0.3) is 0 Å². The highest BCUT2D eigenvalue weighted by molar-refractivity contribution is 7.54. The normalized spacial score (nSPS) is 14.6. The molecule has 0 saturated carbocycles. The van der Waals surface area contributed by atoms with Gasteiger partial charge in [-0.05, 0) is 0 Å². The Bertz CT molecular complexity index is 286. The number of carbonyl (C=O) groups is 1. The van der Waals surface area contributed by atoms with Gasteiger partial charge in [-0.1, -0.05) is 34.8 Å². The molecule has 0 radical (unpaired) electrons. The standard InChI is InChI=1S/C6H11Cl3NO5P/c1-14-16(13,15-2)3-4(11)10-5(12)6(7,8)9/h5,12H,3H2,1-2H3,(H,10,11). The summed E-state index contributed by atoms with van der Waals surface area (Å²) in [6.07, 6.45) is -2.30. The van der Waals surface area contributed by atoms with E-state index in [4.69, 9.17) is 34.8 Å². The molecule has 0 heterocycles. The fourth-order valence-corrected chi connectivity index (χ4v) is 1.67. The highest BCUT2D eigenvalue weighted by Crippen LogP contribution is 2.45. The van der Waals surface area contributed by atoms with Crippen molar-refractivity contribution in [3.63, 3.8) is 0 Å². The SMILES string of the molecule is COP(=O)(CC(=O)NC(O)C(Cl)(Cl)Cl)OC. The lowest BCUT2D eigenvalue weighted by molar-refractivity contribution is -0.121. The first-order valence-electron chi connectivity index (χ1n) is 3.89. The maximum Gasteiger partial charge on any atom is 0.339 e. The second-order valence-corrected chi connectivity index (χ2v) is 7.28. The summed E-state index contributed by atoms with van der Waals surface area (Å²) < 4.78 is 18.5. The van der Waals surface area contributed by atoms with Gasteiger partial charge in [0.1, 0.15) is 6.16 Å². The molecule has 6 nitrogen and oxygen atoms in total. The van der Waals surface area contributed by atoms with Crippen molar-refractivity contribution in [2.45, 2.75) is 10.0 Å². The van der Waals surface area contributed by atoms with Crippen molar-refractivity contribution in [3.8, 4) is 0 Å². The second kappa shape index (κ2) is 6.40. The van der Waals surface area contributed by atoms with Gasteiger partial charge in [0, 0.05) is 14.2 Å². The van der Waals surface area contributed by atoms with Crippen LogP contribution in [-0.2, 0) is 18.4 Å². The first kappa shape index (κ1) is 16.4. The molecule has 0 aromatic carbocycles. The summed E-state index contributed by atoms with van der Waals surface area (Å²) in [7, 11) is -1.24. The van der Waals surface area contributed by atoms with Gasteiger partial charge >= 0.3 is 7.60 Å². The summed E-state index contributed by atoms with van der Waals surface area (Å²) in [6, 6.07) is 0. The lowest BCUT2D eigenvalue weighted by atomic mass is 10.6. The van der Waals surface area contributed by atoms with Crippen molar-refractivity contribution in [2.24, 2.45) is 0 Å². The largest absolute Gasteiger partial charge is 0.369 e. The van der Waals surface area contributed by atoms with Gasteiger partial charge in [0.25, 0.3) is 0 Å². The van der Waals surface area contributed by atoms with Crippen molar-refractivity contribution in [3.05, 3.63) is 0 Å². The van der Waals surface area contributed by atoms with Gasteiger partial charge in [0.2, 0.25) is 9.70 Å². The number of amides is 1. The zero-order valence-corrected chi connectivity index (χ0v) is 11.6. The van der Waals surface area contributed by atoms with E-state index in [0.29, 0.717) is 0 Å². The summed E-state index contributed by atoms with van der Waals surface area (Å²) >= 11 is 15.9. The zero-order valence-electron chi connectivity index (χ0n) is 8.45. The maximum atomic E-state index is 11.5. The van der Waals surface area contributed by atoms with E-state index >= 15 is 0 Å². The number of nitrogens with one attached hydrogen (secondary N) is 1. The fourth-order valence-electron chi connectivity index (χ4n) is 0.659. The van der Waals surface area contributed by atoms with Crippen LogP contribution in [-0.4, -0.2) is 41.4 Å². The van der Waals surface area contributed by atoms with Crippen LogP contribution < -0.4 is 5.32 Å². The summed E-state index contributed by atoms with van der Waals surface area (Å²) in [6.45, 7) is 0. The number of carbonyl (C=O) groups excluding carboxylic acids is 1. The summed E-state index contributed by atoms with van der Waals surface area (Å²) in [5.41, 5.74) is 0. The minimum absolute atomic E-state index is 0.586. The molecule has 0 fully saturated rings. The molecule has 0 aliphatic heterocycles. The fraction of sp³-hybridized carbons (Fsp3) is 0.833. The Kier molecular flexibility index (Phi) is 6.58. The Morgan fingerprint density at radius 2 is 1.88 bits per heavy atom. The quantitative estimate of drug-likeness (QED) is 0.453. The van der Waals surface area contributed by atoms with E-state index in [9.17, 15) is 14.5 Å². The number of alkyl halides is 3. The van der Waals surface area contributed by atoms with Crippen LogP contribution in [0.4, 0.5) is 0 Å². The van der Waals surface area contributed by atoms with Crippen molar-refractivity contribution in [2.75, 3.05) is 20.4 Å². The number of hydrogen-bond acceptors (Lipinski definition) is 5. The topological polar surface area (TPSA) is 84.9 Å². The monoisotopic (exact) mass is 313 g/mol. The highest BCUT2D eigenvalue weighted by atomic mass is 35.6. The molecular weight excluding hydrogens is 303 g/mol. The van der Waals surface area contributed by atoms with E-state index in [0.717, 1.165) is 14.2 Å². The number of aliphatic hydroxyl groups excluding tert-OH is 1. The lowest BCUT2D eigenvalue weighted by Crippen LogP contribution is -2.44. The molecule has 10 heteroatoms. The van der Waals surface area contributed by atoms with E-state index in [2.05, 4.69) is 9.05 Å². The molecule has 1 unspecified atom stereocenters. The molecule has 0 rings (SSSR count). The number of hydrogen-bond donors (Lipinski definition) is 2. The van der Waals surface area contributed by atoms with E-state index in [1.807, 2.05) is 5.32 Å². The predicted octanol–water partition coefficient (Wildman–Crippen LogP) is 1.28. The van der Waals surface area contributed by atoms with Crippen LogP contribution in [0.15, 0.2) is 0 Å². The summed E-state index contributed by atoms with van der Waals surface area (Å²) in [5.74, 6) is -0.828. The molecule has 0 bridgehead atoms. The molecule has 0 aromatic heterocycles. The van der Waals surface area contributed by atoms with Crippen LogP contribution in [0, 0.1) is 0 Å². The van der Waals surface area contributed by atoms with Crippen molar-refractivity contribution < 1.29 is 23.5 Å². The minimum Gasteiger partial charge on any atom is -0.369 e. The molecule has 0 aromatic rings. The number of rotatable bonds is 5. The van der Waals surface area contributed by atoms with E-state index in [-0.39, 0.29) is 0 Å². The smallest absolute Gasteiger partial charge is 0.339 e. The van der Waals surface area contributed by atoms with Crippen LogP contribution in [0.2, 0.25) is 0 Å². The molecular formula is C6H11Cl3NO5P. The van der Waals surface area contributed by atoms with E-state index in [1.165, 1.54) is 0 Å². The van der Waals surface area contributed by atoms with Crippen molar-refractivity contribution in [1.29, 1.82) is 0 Å². The van der Waals surface area contributed by atoms with Gasteiger partial charge in [-0.25, -0.2) is 0 Å². The van der Waals surface area contributed by atoms with Crippen LogP contribution >= 0.6 is 42.4 Å². The van der Waals surface area contributed by atoms with Gasteiger partial charge in [-0.2, -0.15) is 0 Å².